The predicted molar refractivity (Wildman–Crippen MR) is 60.7 cm³/mol. The number of likely N-dealkylation sites (tertiary alicyclic amines) is 1. The van der Waals surface area contributed by atoms with Gasteiger partial charge in [-0.2, -0.15) is 0 Å². The molecule has 4 nitrogen and oxygen atoms in total. The highest BCUT2D eigenvalue weighted by atomic mass is 32.1. The van der Waals surface area contributed by atoms with Crippen molar-refractivity contribution in [3.05, 3.63) is 21.9 Å². The molecule has 0 radical (unpaired) electrons. The zero-order chi connectivity index (χ0) is 11.7. The van der Waals surface area contributed by atoms with E-state index in [-0.39, 0.29) is 11.8 Å². The van der Waals surface area contributed by atoms with Gasteiger partial charge in [0.25, 0.3) is 5.91 Å². The van der Waals surface area contributed by atoms with E-state index in [0.29, 0.717) is 13.1 Å². The van der Waals surface area contributed by atoms with E-state index in [9.17, 15) is 9.59 Å². The monoisotopic (exact) mass is 239 g/mol. The van der Waals surface area contributed by atoms with Crippen molar-refractivity contribution < 1.29 is 14.7 Å². The number of aliphatic carboxylic acids is 1. The van der Waals surface area contributed by atoms with E-state index in [1.54, 1.807) is 4.90 Å². The van der Waals surface area contributed by atoms with Crippen LogP contribution in [0.1, 0.15) is 22.2 Å². The molecule has 0 spiro atoms. The van der Waals surface area contributed by atoms with Gasteiger partial charge in [0.2, 0.25) is 0 Å². The molecule has 0 aromatic carbocycles. The molecule has 1 aromatic heterocycles. The molecule has 5 heteroatoms. The summed E-state index contributed by atoms with van der Waals surface area (Å²) in [6, 6.07) is 1.95. The molecular formula is C11H13NO3S. The summed E-state index contributed by atoms with van der Waals surface area (Å²) in [6.45, 7) is 2.69. The fourth-order valence-corrected chi connectivity index (χ4v) is 2.71. The van der Waals surface area contributed by atoms with Gasteiger partial charge in [0, 0.05) is 13.1 Å². The molecule has 0 aliphatic carbocycles. The Balaban J connectivity index is 2.03. The number of aryl methyl sites for hydroxylation is 1. The lowest BCUT2D eigenvalue weighted by molar-refractivity contribution is -0.146. The lowest BCUT2D eigenvalue weighted by Crippen LogP contribution is -2.53. The molecule has 1 aliphatic rings. The molecule has 2 heterocycles. The van der Waals surface area contributed by atoms with Gasteiger partial charge in [0.1, 0.15) is 0 Å². The van der Waals surface area contributed by atoms with Crippen molar-refractivity contribution in [2.24, 2.45) is 5.92 Å². The minimum atomic E-state index is -0.814. The van der Waals surface area contributed by atoms with Crippen LogP contribution in [-0.4, -0.2) is 35.0 Å². The largest absolute Gasteiger partial charge is 0.481 e. The van der Waals surface area contributed by atoms with Crippen molar-refractivity contribution in [1.82, 2.24) is 4.90 Å². The number of hydrogen-bond donors (Lipinski definition) is 1. The SMILES string of the molecule is CCc1ccsc1C(=O)N1CC(C(=O)O)C1. The third-order valence-corrected chi connectivity index (χ3v) is 3.78. The van der Waals surface area contributed by atoms with Crippen LogP contribution in [0.15, 0.2) is 11.4 Å². The third-order valence-electron chi connectivity index (χ3n) is 2.84. The number of hydrogen-bond acceptors (Lipinski definition) is 3. The second kappa shape index (κ2) is 4.25. The van der Waals surface area contributed by atoms with Crippen molar-refractivity contribution >= 4 is 23.2 Å². The first-order valence-electron chi connectivity index (χ1n) is 5.22. The minimum Gasteiger partial charge on any atom is -0.481 e. The van der Waals surface area contributed by atoms with Crippen LogP contribution in [-0.2, 0) is 11.2 Å². The molecule has 1 N–H and O–H groups in total. The highest BCUT2D eigenvalue weighted by Gasteiger charge is 2.36. The highest BCUT2D eigenvalue weighted by Crippen LogP contribution is 2.24. The van der Waals surface area contributed by atoms with Gasteiger partial charge in [-0.1, -0.05) is 6.92 Å². The van der Waals surface area contributed by atoms with Gasteiger partial charge in [0.05, 0.1) is 10.8 Å². The van der Waals surface area contributed by atoms with E-state index in [2.05, 4.69) is 0 Å². The quantitative estimate of drug-likeness (QED) is 0.869. The van der Waals surface area contributed by atoms with E-state index in [1.807, 2.05) is 18.4 Å². The number of carboxylic acids is 1. The van der Waals surface area contributed by atoms with Gasteiger partial charge in [-0.15, -0.1) is 11.3 Å². The summed E-state index contributed by atoms with van der Waals surface area (Å²) in [4.78, 5) is 25.0. The van der Waals surface area contributed by atoms with Gasteiger partial charge < -0.3 is 10.0 Å². The van der Waals surface area contributed by atoms with Crippen LogP contribution in [0.2, 0.25) is 0 Å². The summed E-state index contributed by atoms with van der Waals surface area (Å²) in [6.07, 6.45) is 0.834. The fourth-order valence-electron chi connectivity index (χ4n) is 1.75. The molecule has 1 aliphatic heterocycles. The van der Waals surface area contributed by atoms with E-state index in [1.165, 1.54) is 11.3 Å². The molecule has 1 fully saturated rings. The summed E-state index contributed by atoms with van der Waals surface area (Å²) in [5.74, 6) is -1.22. The van der Waals surface area contributed by atoms with Crippen LogP contribution in [0.3, 0.4) is 0 Å². The van der Waals surface area contributed by atoms with Crippen LogP contribution < -0.4 is 0 Å². The Morgan fingerprint density at radius 1 is 1.56 bits per heavy atom. The van der Waals surface area contributed by atoms with Gasteiger partial charge in [0.15, 0.2) is 0 Å². The smallest absolute Gasteiger partial charge is 0.310 e. The number of rotatable bonds is 3. The van der Waals surface area contributed by atoms with E-state index in [0.717, 1.165) is 16.9 Å². The van der Waals surface area contributed by atoms with Crippen molar-refractivity contribution in [3.63, 3.8) is 0 Å². The Morgan fingerprint density at radius 2 is 2.25 bits per heavy atom. The Kier molecular flexibility index (Phi) is 2.96. The Hall–Kier alpha value is -1.36. The van der Waals surface area contributed by atoms with Crippen molar-refractivity contribution in [2.75, 3.05) is 13.1 Å². The van der Waals surface area contributed by atoms with Crippen LogP contribution in [0.4, 0.5) is 0 Å². The average molecular weight is 239 g/mol. The second-order valence-corrected chi connectivity index (χ2v) is 4.79. The number of thiophene rings is 1. The number of carbonyl (C=O) groups is 2. The van der Waals surface area contributed by atoms with Gasteiger partial charge in [-0.05, 0) is 23.4 Å². The maximum Gasteiger partial charge on any atom is 0.310 e. The summed E-state index contributed by atoms with van der Waals surface area (Å²) in [5.41, 5.74) is 1.05. The minimum absolute atomic E-state index is 0.0237. The lowest BCUT2D eigenvalue weighted by atomic mass is 10.00. The summed E-state index contributed by atoms with van der Waals surface area (Å²) >= 11 is 1.43. The first-order chi connectivity index (χ1) is 7.63. The fraction of sp³-hybridized carbons (Fsp3) is 0.455. The van der Waals surface area contributed by atoms with E-state index in [4.69, 9.17) is 5.11 Å². The van der Waals surface area contributed by atoms with Crippen molar-refractivity contribution in [3.8, 4) is 0 Å². The van der Waals surface area contributed by atoms with E-state index >= 15 is 0 Å². The molecule has 1 saturated heterocycles. The molecule has 0 saturated carbocycles. The topological polar surface area (TPSA) is 57.6 Å². The summed E-state index contributed by atoms with van der Waals surface area (Å²) < 4.78 is 0. The third kappa shape index (κ3) is 1.82. The molecule has 16 heavy (non-hydrogen) atoms. The molecule has 86 valence electrons. The van der Waals surface area contributed by atoms with Crippen LogP contribution in [0.25, 0.3) is 0 Å². The second-order valence-electron chi connectivity index (χ2n) is 3.87. The highest BCUT2D eigenvalue weighted by molar-refractivity contribution is 7.12. The Bertz CT molecular complexity index is 421. The molecule has 1 aromatic rings. The standard InChI is InChI=1S/C11H13NO3S/c1-2-7-3-4-16-9(7)10(13)12-5-8(6-12)11(14)15/h3-4,8H,2,5-6H2,1H3,(H,14,15). The summed E-state index contributed by atoms with van der Waals surface area (Å²) in [5, 5.41) is 10.6. The van der Waals surface area contributed by atoms with Crippen molar-refractivity contribution in [1.29, 1.82) is 0 Å². The number of amides is 1. The Morgan fingerprint density at radius 3 is 2.81 bits per heavy atom. The zero-order valence-corrected chi connectivity index (χ0v) is 9.79. The summed E-state index contributed by atoms with van der Waals surface area (Å²) in [7, 11) is 0. The first-order valence-corrected chi connectivity index (χ1v) is 6.10. The molecule has 2 rings (SSSR count). The Labute approximate surface area is 97.5 Å². The average Bonchev–Trinajstić information content (AvgIpc) is 2.61. The van der Waals surface area contributed by atoms with Gasteiger partial charge in [-0.25, -0.2) is 0 Å². The maximum absolute atomic E-state index is 12.0. The van der Waals surface area contributed by atoms with Crippen LogP contribution in [0.5, 0.6) is 0 Å². The van der Waals surface area contributed by atoms with Gasteiger partial charge in [-0.3, -0.25) is 9.59 Å². The normalized spacial score (nSPS) is 15.9. The molecule has 0 bridgehead atoms. The number of nitrogens with zero attached hydrogens (tertiary/aromatic N) is 1. The molecule has 1 amide bonds. The number of carboxylic acid groups (broad SMARTS) is 1. The molecule has 0 unspecified atom stereocenters. The molecule has 0 atom stereocenters. The first kappa shape index (κ1) is 11.1. The van der Waals surface area contributed by atoms with Crippen LogP contribution in [0, 0.1) is 5.92 Å². The predicted octanol–water partition coefficient (Wildman–Crippen LogP) is 1.47. The molecular weight excluding hydrogens is 226 g/mol. The van der Waals surface area contributed by atoms with Gasteiger partial charge >= 0.3 is 5.97 Å². The maximum atomic E-state index is 12.0. The zero-order valence-electron chi connectivity index (χ0n) is 8.97. The lowest BCUT2D eigenvalue weighted by Gasteiger charge is -2.36. The van der Waals surface area contributed by atoms with Crippen molar-refractivity contribution in [2.45, 2.75) is 13.3 Å². The number of carbonyl (C=O) groups excluding carboxylic acids is 1. The van der Waals surface area contributed by atoms with E-state index < -0.39 is 5.97 Å². The van der Waals surface area contributed by atoms with Crippen LogP contribution >= 0.6 is 11.3 Å².